The Morgan fingerprint density at radius 1 is 1.00 bits per heavy atom. The third-order valence-corrected chi connectivity index (χ3v) is 5.10. The first kappa shape index (κ1) is 21.0. The molecule has 0 aliphatic carbocycles. The van der Waals surface area contributed by atoms with Crippen molar-refractivity contribution in [2.75, 3.05) is 10.6 Å². The Bertz CT molecular complexity index is 1200. The number of hydrogen-bond acceptors (Lipinski definition) is 3. The lowest BCUT2D eigenvalue weighted by Crippen LogP contribution is -2.20. The van der Waals surface area contributed by atoms with E-state index in [1.165, 1.54) is 6.07 Å². The van der Waals surface area contributed by atoms with E-state index in [1.54, 1.807) is 16.8 Å². The first-order valence-electron chi connectivity index (χ1n) is 9.60. The van der Waals surface area contributed by atoms with Crippen molar-refractivity contribution < 1.29 is 4.39 Å². The van der Waals surface area contributed by atoms with Crippen LogP contribution in [0.3, 0.4) is 0 Å². The summed E-state index contributed by atoms with van der Waals surface area (Å²) in [5, 5.41) is 16.1. The van der Waals surface area contributed by atoms with Crippen molar-refractivity contribution >= 4 is 40.6 Å². The number of thiocarbonyl (C=S) groups is 1. The van der Waals surface area contributed by atoms with Crippen molar-refractivity contribution in [2.24, 2.45) is 0 Å². The Morgan fingerprint density at radius 2 is 1.74 bits per heavy atom. The van der Waals surface area contributed by atoms with Gasteiger partial charge >= 0.3 is 0 Å². The minimum absolute atomic E-state index is 0.252. The Balaban J connectivity index is 1.35. The van der Waals surface area contributed by atoms with Gasteiger partial charge in [-0.3, -0.25) is 9.36 Å². The highest BCUT2D eigenvalue weighted by Crippen LogP contribution is 2.15. The summed E-state index contributed by atoms with van der Waals surface area (Å²) in [6.07, 6.45) is 1.87. The van der Waals surface area contributed by atoms with Crippen LogP contribution >= 0.6 is 23.8 Å². The molecular weight excluding hydrogens is 435 g/mol. The van der Waals surface area contributed by atoms with Crippen LogP contribution in [0.2, 0.25) is 5.02 Å². The molecule has 0 spiro atoms. The highest BCUT2D eigenvalue weighted by molar-refractivity contribution is 7.80. The van der Waals surface area contributed by atoms with Gasteiger partial charge in [-0.05, 0) is 42.9 Å². The van der Waals surface area contributed by atoms with Gasteiger partial charge in [0.2, 0.25) is 0 Å². The lowest BCUT2D eigenvalue weighted by atomic mass is 10.2. The van der Waals surface area contributed by atoms with E-state index in [2.05, 4.69) is 20.8 Å². The van der Waals surface area contributed by atoms with Crippen LogP contribution in [0, 0.1) is 12.7 Å². The summed E-state index contributed by atoms with van der Waals surface area (Å²) in [7, 11) is 0. The van der Waals surface area contributed by atoms with Crippen LogP contribution in [-0.4, -0.2) is 24.7 Å². The van der Waals surface area contributed by atoms with Crippen LogP contribution in [0.1, 0.15) is 16.8 Å². The highest BCUT2D eigenvalue weighted by Gasteiger charge is 2.10. The lowest BCUT2D eigenvalue weighted by molar-refractivity contribution is 0.581. The summed E-state index contributed by atoms with van der Waals surface area (Å²) in [6, 6.07) is 18.0. The van der Waals surface area contributed by atoms with Crippen molar-refractivity contribution in [3.05, 3.63) is 94.5 Å². The van der Waals surface area contributed by atoms with Gasteiger partial charge in [-0.2, -0.15) is 10.2 Å². The van der Waals surface area contributed by atoms with Crippen molar-refractivity contribution in [1.82, 2.24) is 19.6 Å². The molecule has 0 bridgehead atoms. The number of nitrogens with zero attached hydrogens (tertiary/aromatic N) is 4. The van der Waals surface area contributed by atoms with Crippen molar-refractivity contribution in [3.8, 4) is 0 Å². The molecule has 0 fully saturated rings. The van der Waals surface area contributed by atoms with Crippen LogP contribution in [0.5, 0.6) is 0 Å². The molecule has 9 heteroatoms. The number of halogens is 2. The fraction of sp³-hybridized carbons (Fsp3) is 0.136. The van der Waals surface area contributed by atoms with E-state index in [-0.39, 0.29) is 5.82 Å². The Labute approximate surface area is 189 Å². The number of hydrogen-bond donors (Lipinski definition) is 2. The topological polar surface area (TPSA) is 59.7 Å². The predicted molar refractivity (Wildman–Crippen MR) is 125 cm³/mol. The summed E-state index contributed by atoms with van der Waals surface area (Å²) < 4.78 is 17.5. The second kappa shape index (κ2) is 9.28. The Morgan fingerprint density at radius 3 is 2.52 bits per heavy atom. The Kier molecular flexibility index (Phi) is 6.29. The van der Waals surface area contributed by atoms with Crippen molar-refractivity contribution in [2.45, 2.75) is 20.0 Å². The molecule has 0 aliphatic heterocycles. The predicted octanol–water partition coefficient (Wildman–Crippen LogP) is 5.09. The lowest BCUT2D eigenvalue weighted by Gasteiger charge is -2.07. The Hall–Kier alpha value is -3.23. The van der Waals surface area contributed by atoms with Crippen LogP contribution in [-0.2, 0) is 13.1 Å². The average Bonchev–Trinajstić information content (AvgIpc) is 3.31. The van der Waals surface area contributed by atoms with Gasteiger partial charge in [0.25, 0.3) is 0 Å². The zero-order valence-corrected chi connectivity index (χ0v) is 18.3. The van der Waals surface area contributed by atoms with Crippen LogP contribution in [0.4, 0.5) is 16.0 Å². The fourth-order valence-electron chi connectivity index (χ4n) is 3.08. The molecule has 158 valence electrons. The molecule has 6 nitrogen and oxygen atoms in total. The smallest absolute Gasteiger partial charge is 0.177 e. The largest absolute Gasteiger partial charge is 0.316 e. The average molecular weight is 455 g/mol. The zero-order valence-electron chi connectivity index (χ0n) is 16.7. The number of benzene rings is 2. The standard InChI is InChI=1S/C22H20ClFN6S/c1-15-12-21(28-30(15)14-17-4-2-3-5-19(17)24)26-22(31)25-20-10-11-29(27-20)13-16-6-8-18(23)9-7-16/h2-12H,13-14H2,1H3,(H2,25,26,27,28,31). The SMILES string of the molecule is Cc1cc(NC(=S)Nc2ccn(Cc3ccc(Cl)cc3)n2)nn1Cc1ccccc1F. The maximum atomic E-state index is 13.9. The molecule has 0 atom stereocenters. The molecule has 2 aromatic heterocycles. The molecule has 2 aromatic carbocycles. The molecule has 4 rings (SSSR count). The molecule has 0 saturated heterocycles. The maximum absolute atomic E-state index is 13.9. The molecule has 0 saturated carbocycles. The van der Waals surface area contributed by atoms with E-state index in [0.717, 1.165) is 11.3 Å². The maximum Gasteiger partial charge on any atom is 0.177 e. The van der Waals surface area contributed by atoms with Crippen LogP contribution in [0.25, 0.3) is 0 Å². The zero-order chi connectivity index (χ0) is 21.8. The third-order valence-electron chi connectivity index (χ3n) is 4.64. The molecule has 0 aliphatic rings. The molecule has 31 heavy (non-hydrogen) atoms. The van der Waals surface area contributed by atoms with E-state index in [0.29, 0.717) is 40.4 Å². The van der Waals surface area contributed by atoms with Gasteiger partial charge in [0.05, 0.1) is 13.1 Å². The van der Waals surface area contributed by atoms with E-state index < -0.39 is 0 Å². The summed E-state index contributed by atoms with van der Waals surface area (Å²) >= 11 is 11.3. The van der Waals surface area contributed by atoms with E-state index in [1.807, 2.05) is 60.3 Å². The quantitative estimate of drug-likeness (QED) is 0.397. The molecule has 2 heterocycles. The summed E-state index contributed by atoms with van der Waals surface area (Å²) in [5.74, 6) is 0.944. The van der Waals surface area contributed by atoms with Gasteiger partial charge in [0.15, 0.2) is 16.7 Å². The van der Waals surface area contributed by atoms with E-state index in [9.17, 15) is 4.39 Å². The minimum Gasteiger partial charge on any atom is -0.316 e. The van der Waals surface area contributed by atoms with Gasteiger partial charge in [0.1, 0.15) is 5.82 Å². The van der Waals surface area contributed by atoms with Crippen LogP contribution in [0.15, 0.2) is 66.9 Å². The van der Waals surface area contributed by atoms with Crippen LogP contribution < -0.4 is 10.6 Å². The fourth-order valence-corrected chi connectivity index (χ4v) is 3.41. The van der Waals surface area contributed by atoms with E-state index >= 15 is 0 Å². The highest BCUT2D eigenvalue weighted by atomic mass is 35.5. The second-order valence-corrected chi connectivity index (χ2v) is 7.87. The third kappa shape index (κ3) is 5.48. The van der Waals surface area contributed by atoms with E-state index in [4.69, 9.17) is 23.8 Å². The molecule has 4 aromatic rings. The molecule has 0 radical (unpaired) electrons. The molecule has 0 unspecified atom stereocenters. The summed E-state index contributed by atoms with van der Waals surface area (Å²) in [5.41, 5.74) is 2.56. The first-order chi connectivity index (χ1) is 15.0. The monoisotopic (exact) mass is 454 g/mol. The van der Waals surface area contributed by atoms with Gasteiger partial charge in [0, 0.05) is 34.6 Å². The normalized spacial score (nSPS) is 10.8. The number of nitrogens with one attached hydrogen (secondary N) is 2. The first-order valence-corrected chi connectivity index (χ1v) is 10.4. The molecule has 2 N–H and O–H groups in total. The minimum atomic E-state index is -0.252. The molecule has 0 amide bonds. The summed E-state index contributed by atoms with van der Waals surface area (Å²) in [4.78, 5) is 0. The van der Waals surface area contributed by atoms with Crippen molar-refractivity contribution in [3.63, 3.8) is 0 Å². The van der Waals surface area contributed by atoms with Gasteiger partial charge < -0.3 is 10.6 Å². The number of aromatic nitrogens is 4. The summed E-state index contributed by atoms with van der Waals surface area (Å²) in [6.45, 7) is 2.88. The second-order valence-electron chi connectivity index (χ2n) is 7.02. The van der Waals surface area contributed by atoms with Gasteiger partial charge in [-0.25, -0.2) is 4.39 Å². The molecular formula is C22H20ClFN6S. The van der Waals surface area contributed by atoms with Gasteiger partial charge in [-0.15, -0.1) is 0 Å². The number of anilines is 2. The number of aryl methyl sites for hydroxylation is 1. The van der Waals surface area contributed by atoms with Gasteiger partial charge in [-0.1, -0.05) is 41.9 Å². The van der Waals surface area contributed by atoms with Crippen molar-refractivity contribution in [1.29, 1.82) is 0 Å². The number of rotatable bonds is 6.